The number of aromatic nitrogens is 1. The SMILES string of the molecule is CCC(C)NC(=O)CC(=O)NCc1ccccn1. The van der Waals surface area contributed by atoms with Crippen molar-refractivity contribution in [3.8, 4) is 0 Å². The number of nitrogens with one attached hydrogen (secondary N) is 2. The number of carbonyl (C=O) groups excluding carboxylic acids is 2. The molecular formula is C13H19N3O2. The first-order chi connectivity index (χ1) is 8.61. The van der Waals surface area contributed by atoms with Crippen molar-refractivity contribution >= 4 is 11.8 Å². The highest BCUT2D eigenvalue weighted by Crippen LogP contribution is 1.93. The minimum Gasteiger partial charge on any atom is -0.353 e. The zero-order valence-corrected chi connectivity index (χ0v) is 10.8. The molecule has 0 saturated heterocycles. The molecule has 0 aliphatic rings. The summed E-state index contributed by atoms with van der Waals surface area (Å²) in [5.74, 6) is -0.538. The summed E-state index contributed by atoms with van der Waals surface area (Å²) >= 11 is 0. The summed E-state index contributed by atoms with van der Waals surface area (Å²) in [7, 11) is 0. The van der Waals surface area contributed by atoms with E-state index < -0.39 is 0 Å². The topological polar surface area (TPSA) is 71.1 Å². The highest BCUT2D eigenvalue weighted by molar-refractivity contribution is 5.96. The molecule has 18 heavy (non-hydrogen) atoms. The normalized spacial score (nSPS) is 11.7. The van der Waals surface area contributed by atoms with Gasteiger partial charge in [0.1, 0.15) is 6.42 Å². The van der Waals surface area contributed by atoms with Crippen molar-refractivity contribution < 1.29 is 9.59 Å². The quantitative estimate of drug-likeness (QED) is 0.739. The Balaban J connectivity index is 2.27. The molecule has 0 aromatic carbocycles. The predicted molar refractivity (Wildman–Crippen MR) is 68.6 cm³/mol. The molecule has 1 unspecified atom stereocenters. The fraction of sp³-hybridized carbons (Fsp3) is 0.462. The molecule has 5 heteroatoms. The lowest BCUT2D eigenvalue weighted by Crippen LogP contribution is -2.36. The highest BCUT2D eigenvalue weighted by Gasteiger charge is 2.10. The average molecular weight is 249 g/mol. The Morgan fingerprint density at radius 3 is 2.72 bits per heavy atom. The molecule has 0 bridgehead atoms. The number of rotatable bonds is 6. The minimum absolute atomic E-state index is 0.0982. The lowest BCUT2D eigenvalue weighted by atomic mass is 10.2. The predicted octanol–water partition coefficient (Wildman–Crippen LogP) is 1.00. The Kier molecular flexibility index (Phi) is 5.84. The Labute approximate surface area is 107 Å². The molecule has 1 rings (SSSR count). The van der Waals surface area contributed by atoms with Gasteiger partial charge in [-0.1, -0.05) is 13.0 Å². The molecule has 1 aromatic heterocycles. The molecule has 0 spiro atoms. The van der Waals surface area contributed by atoms with Crippen molar-refractivity contribution in [2.24, 2.45) is 0 Å². The maximum absolute atomic E-state index is 11.5. The van der Waals surface area contributed by atoms with Gasteiger partial charge in [-0.05, 0) is 25.5 Å². The summed E-state index contributed by atoms with van der Waals surface area (Å²) < 4.78 is 0. The van der Waals surface area contributed by atoms with E-state index in [-0.39, 0.29) is 24.3 Å². The summed E-state index contributed by atoms with van der Waals surface area (Å²) in [4.78, 5) is 27.0. The van der Waals surface area contributed by atoms with Crippen molar-refractivity contribution in [3.63, 3.8) is 0 Å². The van der Waals surface area contributed by atoms with E-state index in [0.29, 0.717) is 6.54 Å². The van der Waals surface area contributed by atoms with Gasteiger partial charge in [0, 0.05) is 12.2 Å². The maximum Gasteiger partial charge on any atom is 0.229 e. The fourth-order valence-electron chi connectivity index (χ4n) is 1.33. The monoisotopic (exact) mass is 249 g/mol. The Morgan fingerprint density at radius 2 is 2.11 bits per heavy atom. The molecule has 0 fully saturated rings. The van der Waals surface area contributed by atoms with E-state index in [2.05, 4.69) is 15.6 Å². The average Bonchev–Trinajstić information content (AvgIpc) is 2.37. The lowest BCUT2D eigenvalue weighted by Gasteiger charge is -2.11. The van der Waals surface area contributed by atoms with Gasteiger partial charge < -0.3 is 10.6 Å². The number of pyridine rings is 1. The van der Waals surface area contributed by atoms with Gasteiger partial charge in [0.15, 0.2) is 0 Å². The van der Waals surface area contributed by atoms with E-state index in [0.717, 1.165) is 12.1 Å². The second-order valence-electron chi connectivity index (χ2n) is 4.15. The maximum atomic E-state index is 11.5. The zero-order valence-electron chi connectivity index (χ0n) is 10.8. The van der Waals surface area contributed by atoms with Crippen LogP contribution >= 0.6 is 0 Å². The molecule has 2 N–H and O–H groups in total. The molecule has 1 heterocycles. The number of nitrogens with zero attached hydrogens (tertiary/aromatic N) is 1. The van der Waals surface area contributed by atoms with Crippen LogP contribution in [0.4, 0.5) is 0 Å². The van der Waals surface area contributed by atoms with Gasteiger partial charge in [-0.3, -0.25) is 14.6 Å². The van der Waals surface area contributed by atoms with E-state index in [1.165, 1.54) is 0 Å². The molecule has 1 aromatic rings. The van der Waals surface area contributed by atoms with Crippen molar-refractivity contribution in [2.75, 3.05) is 0 Å². The zero-order chi connectivity index (χ0) is 13.4. The van der Waals surface area contributed by atoms with E-state index in [1.807, 2.05) is 32.0 Å². The van der Waals surface area contributed by atoms with Gasteiger partial charge in [0.05, 0.1) is 12.2 Å². The molecule has 2 amide bonds. The summed E-state index contributed by atoms with van der Waals surface area (Å²) in [6.45, 7) is 4.23. The molecule has 0 aliphatic heterocycles. The van der Waals surface area contributed by atoms with Crippen LogP contribution in [0, 0.1) is 0 Å². The molecule has 1 atom stereocenters. The van der Waals surface area contributed by atoms with E-state index in [9.17, 15) is 9.59 Å². The Morgan fingerprint density at radius 1 is 1.33 bits per heavy atom. The van der Waals surface area contributed by atoms with Gasteiger partial charge >= 0.3 is 0 Å². The molecule has 0 saturated carbocycles. The number of carbonyl (C=O) groups is 2. The van der Waals surface area contributed by atoms with Gasteiger partial charge in [0.2, 0.25) is 11.8 Å². The third-order valence-electron chi connectivity index (χ3n) is 2.53. The van der Waals surface area contributed by atoms with E-state index in [4.69, 9.17) is 0 Å². The van der Waals surface area contributed by atoms with Crippen LogP contribution in [0.2, 0.25) is 0 Å². The summed E-state index contributed by atoms with van der Waals surface area (Å²) in [5.41, 5.74) is 0.771. The largest absolute Gasteiger partial charge is 0.353 e. The van der Waals surface area contributed by atoms with Gasteiger partial charge in [-0.2, -0.15) is 0 Å². The highest BCUT2D eigenvalue weighted by atomic mass is 16.2. The van der Waals surface area contributed by atoms with Crippen LogP contribution in [0.5, 0.6) is 0 Å². The van der Waals surface area contributed by atoms with Gasteiger partial charge in [0.25, 0.3) is 0 Å². The van der Waals surface area contributed by atoms with Crippen LogP contribution in [-0.2, 0) is 16.1 Å². The molecule has 98 valence electrons. The minimum atomic E-state index is -0.290. The van der Waals surface area contributed by atoms with Crippen molar-refractivity contribution in [3.05, 3.63) is 30.1 Å². The number of amides is 2. The van der Waals surface area contributed by atoms with Crippen molar-refractivity contribution in [1.29, 1.82) is 0 Å². The third kappa shape index (κ3) is 5.43. The number of hydrogen-bond acceptors (Lipinski definition) is 3. The van der Waals surface area contributed by atoms with Crippen molar-refractivity contribution in [1.82, 2.24) is 15.6 Å². The van der Waals surface area contributed by atoms with Gasteiger partial charge in [-0.15, -0.1) is 0 Å². The van der Waals surface area contributed by atoms with Crippen LogP contribution in [0.3, 0.4) is 0 Å². The van der Waals surface area contributed by atoms with Crippen LogP contribution in [0.25, 0.3) is 0 Å². The molecule has 0 aliphatic carbocycles. The fourth-order valence-corrected chi connectivity index (χ4v) is 1.33. The lowest BCUT2D eigenvalue weighted by molar-refractivity contribution is -0.129. The van der Waals surface area contributed by atoms with Crippen LogP contribution in [0.1, 0.15) is 32.4 Å². The molecule has 0 radical (unpaired) electrons. The smallest absolute Gasteiger partial charge is 0.229 e. The summed E-state index contributed by atoms with van der Waals surface area (Å²) in [6.07, 6.45) is 2.37. The Hall–Kier alpha value is -1.91. The second kappa shape index (κ2) is 7.42. The van der Waals surface area contributed by atoms with E-state index in [1.54, 1.807) is 6.20 Å². The van der Waals surface area contributed by atoms with Crippen LogP contribution in [-0.4, -0.2) is 22.8 Å². The third-order valence-corrected chi connectivity index (χ3v) is 2.53. The van der Waals surface area contributed by atoms with Crippen LogP contribution < -0.4 is 10.6 Å². The summed E-state index contributed by atoms with van der Waals surface area (Å²) in [5, 5.41) is 5.40. The molecular weight excluding hydrogens is 230 g/mol. The standard InChI is InChI=1S/C13H19N3O2/c1-3-10(2)16-13(18)8-12(17)15-9-11-6-4-5-7-14-11/h4-7,10H,3,8-9H2,1-2H3,(H,15,17)(H,16,18). The second-order valence-corrected chi connectivity index (χ2v) is 4.15. The van der Waals surface area contributed by atoms with Crippen molar-refractivity contribution in [2.45, 2.75) is 39.3 Å². The first kappa shape index (κ1) is 14.2. The Bertz CT molecular complexity index is 392. The number of hydrogen-bond donors (Lipinski definition) is 2. The summed E-state index contributed by atoms with van der Waals surface area (Å²) in [6, 6.07) is 5.58. The first-order valence-corrected chi connectivity index (χ1v) is 6.07. The molecule has 5 nitrogen and oxygen atoms in total. The van der Waals surface area contributed by atoms with E-state index >= 15 is 0 Å². The van der Waals surface area contributed by atoms with Crippen LogP contribution in [0.15, 0.2) is 24.4 Å². The van der Waals surface area contributed by atoms with Gasteiger partial charge in [-0.25, -0.2) is 0 Å². The first-order valence-electron chi connectivity index (χ1n) is 6.07.